The second-order valence-corrected chi connectivity index (χ2v) is 6.24. The van der Waals surface area contributed by atoms with Crippen LogP contribution in [0.3, 0.4) is 0 Å². The molecule has 0 aromatic rings. The van der Waals surface area contributed by atoms with Crippen LogP contribution < -0.4 is 5.73 Å². The Morgan fingerprint density at radius 3 is 2.11 bits per heavy atom. The van der Waals surface area contributed by atoms with Crippen molar-refractivity contribution < 1.29 is 14.7 Å². The molecule has 0 saturated carbocycles. The quantitative estimate of drug-likeness (QED) is 0.752. The standard InChI is InChI=1S/C13H26N2O3/c1-9(2)7-15(8-12(17)18)11(16)6-10(14)13(3,4)5/h9-10H,6-8,14H2,1-5H3,(H,17,18). The Hall–Kier alpha value is -1.10. The SMILES string of the molecule is CC(C)CN(CC(=O)O)C(=O)CC(N)C(C)(C)C. The van der Waals surface area contributed by atoms with Gasteiger partial charge in [-0.3, -0.25) is 9.59 Å². The van der Waals surface area contributed by atoms with Crippen molar-refractivity contribution in [1.82, 2.24) is 4.90 Å². The fourth-order valence-corrected chi connectivity index (χ4v) is 1.48. The molecule has 0 aliphatic heterocycles. The fourth-order valence-electron chi connectivity index (χ4n) is 1.48. The zero-order valence-electron chi connectivity index (χ0n) is 12.1. The molecule has 0 aliphatic rings. The van der Waals surface area contributed by atoms with Crippen molar-refractivity contribution in [2.45, 2.75) is 47.1 Å². The van der Waals surface area contributed by atoms with Gasteiger partial charge in [0.1, 0.15) is 6.54 Å². The molecule has 0 fully saturated rings. The number of rotatable bonds is 6. The maximum absolute atomic E-state index is 12.1. The molecule has 5 nitrogen and oxygen atoms in total. The predicted molar refractivity (Wildman–Crippen MR) is 71.1 cm³/mol. The van der Waals surface area contributed by atoms with Crippen LogP contribution in [0, 0.1) is 11.3 Å². The van der Waals surface area contributed by atoms with Gasteiger partial charge in [0.15, 0.2) is 0 Å². The lowest BCUT2D eigenvalue weighted by Crippen LogP contribution is -2.44. The molecule has 1 atom stereocenters. The Kier molecular flexibility index (Phi) is 6.32. The molecule has 18 heavy (non-hydrogen) atoms. The van der Waals surface area contributed by atoms with Crippen LogP contribution in [0.2, 0.25) is 0 Å². The van der Waals surface area contributed by atoms with Crippen molar-refractivity contribution >= 4 is 11.9 Å². The topological polar surface area (TPSA) is 83.6 Å². The number of carboxylic acid groups (broad SMARTS) is 1. The van der Waals surface area contributed by atoms with Crippen LogP contribution in [0.5, 0.6) is 0 Å². The summed E-state index contributed by atoms with van der Waals surface area (Å²) in [6, 6.07) is -0.270. The molecular weight excluding hydrogens is 232 g/mol. The van der Waals surface area contributed by atoms with Crippen LogP contribution in [0.15, 0.2) is 0 Å². The molecular formula is C13H26N2O3. The fraction of sp³-hybridized carbons (Fsp3) is 0.846. The van der Waals surface area contributed by atoms with Crippen LogP contribution in [-0.4, -0.2) is 41.0 Å². The van der Waals surface area contributed by atoms with Crippen molar-refractivity contribution in [3.63, 3.8) is 0 Å². The normalized spacial score (nSPS) is 13.5. The first kappa shape index (κ1) is 16.9. The minimum atomic E-state index is -0.992. The maximum atomic E-state index is 12.1. The third-order valence-electron chi connectivity index (χ3n) is 2.77. The average Bonchev–Trinajstić information content (AvgIpc) is 2.13. The van der Waals surface area contributed by atoms with Gasteiger partial charge in [-0.25, -0.2) is 0 Å². The Balaban J connectivity index is 4.60. The molecule has 1 amide bonds. The van der Waals surface area contributed by atoms with Crippen molar-refractivity contribution in [3.8, 4) is 0 Å². The minimum Gasteiger partial charge on any atom is -0.480 e. The second kappa shape index (κ2) is 6.73. The molecule has 0 bridgehead atoms. The largest absolute Gasteiger partial charge is 0.480 e. The van der Waals surface area contributed by atoms with Gasteiger partial charge in [0.2, 0.25) is 5.91 Å². The first-order chi connectivity index (χ1) is 8.04. The highest BCUT2D eigenvalue weighted by Gasteiger charge is 2.26. The summed E-state index contributed by atoms with van der Waals surface area (Å²) < 4.78 is 0. The smallest absolute Gasteiger partial charge is 0.323 e. The van der Waals surface area contributed by atoms with Gasteiger partial charge in [0, 0.05) is 19.0 Å². The first-order valence-electron chi connectivity index (χ1n) is 6.29. The monoisotopic (exact) mass is 258 g/mol. The summed E-state index contributed by atoms with van der Waals surface area (Å²) in [5.74, 6) is -0.944. The number of hydrogen-bond acceptors (Lipinski definition) is 3. The van der Waals surface area contributed by atoms with Gasteiger partial charge >= 0.3 is 5.97 Å². The zero-order valence-corrected chi connectivity index (χ0v) is 12.1. The number of carbonyl (C=O) groups excluding carboxylic acids is 1. The van der Waals surface area contributed by atoms with Crippen molar-refractivity contribution in [2.24, 2.45) is 17.1 Å². The highest BCUT2D eigenvalue weighted by atomic mass is 16.4. The van der Waals surface area contributed by atoms with E-state index in [0.29, 0.717) is 6.54 Å². The average molecular weight is 258 g/mol. The van der Waals surface area contributed by atoms with Gasteiger partial charge in [0.25, 0.3) is 0 Å². The Morgan fingerprint density at radius 2 is 1.78 bits per heavy atom. The second-order valence-electron chi connectivity index (χ2n) is 6.24. The van der Waals surface area contributed by atoms with Gasteiger partial charge in [-0.15, -0.1) is 0 Å². The van der Waals surface area contributed by atoms with Gasteiger partial charge in [0.05, 0.1) is 0 Å². The van der Waals surface area contributed by atoms with E-state index in [1.807, 2.05) is 34.6 Å². The van der Waals surface area contributed by atoms with E-state index in [9.17, 15) is 9.59 Å². The lowest BCUT2D eigenvalue weighted by molar-refractivity contribution is -0.145. The molecule has 0 radical (unpaired) electrons. The van der Waals surface area contributed by atoms with Crippen LogP contribution in [0.25, 0.3) is 0 Å². The van der Waals surface area contributed by atoms with E-state index >= 15 is 0 Å². The summed E-state index contributed by atoms with van der Waals surface area (Å²) in [5.41, 5.74) is 5.79. The van der Waals surface area contributed by atoms with Crippen LogP contribution in [-0.2, 0) is 9.59 Å². The minimum absolute atomic E-state index is 0.164. The maximum Gasteiger partial charge on any atom is 0.323 e. The van der Waals surface area contributed by atoms with Gasteiger partial charge < -0.3 is 15.7 Å². The van der Waals surface area contributed by atoms with E-state index in [4.69, 9.17) is 10.8 Å². The van der Waals surface area contributed by atoms with Gasteiger partial charge in [-0.2, -0.15) is 0 Å². The summed E-state index contributed by atoms with van der Waals surface area (Å²) >= 11 is 0. The number of aliphatic carboxylic acids is 1. The number of carboxylic acids is 1. The van der Waals surface area contributed by atoms with Crippen LogP contribution in [0.4, 0.5) is 0 Å². The lowest BCUT2D eigenvalue weighted by atomic mass is 9.85. The predicted octanol–water partition coefficient (Wildman–Crippen LogP) is 1.32. The molecule has 5 heteroatoms. The Morgan fingerprint density at radius 1 is 1.28 bits per heavy atom. The molecule has 106 valence electrons. The highest BCUT2D eigenvalue weighted by Crippen LogP contribution is 2.20. The Labute approximate surface area is 109 Å². The molecule has 0 aliphatic carbocycles. The lowest BCUT2D eigenvalue weighted by Gasteiger charge is -2.29. The molecule has 0 rings (SSSR count). The Bertz CT molecular complexity index is 295. The summed E-state index contributed by atoms with van der Waals surface area (Å²) in [5, 5.41) is 8.81. The number of nitrogens with two attached hydrogens (primary N) is 1. The first-order valence-corrected chi connectivity index (χ1v) is 6.29. The molecule has 0 heterocycles. The van der Waals surface area contributed by atoms with E-state index in [-0.39, 0.29) is 36.2 Å². The molecule has 0 spiro atoms. The van der Waals surface area contributed by atoms with E-state index < -0.39 is 5.97 Å². The van der Waals surface area contributed by atoms with Gasteiger partial charge in [-0.05, 0) is 11.3 Å². The third-order valence-corrected chi connectivity index (χ3v) is 2.77. The van der Waals surface area contributed by atoms with Crippen LogP contribution in [0.1, 0.15) is 41.0 Å². The highest BCUT2D eigenvalue weighted by molar-refractivity contribution is 5.81. The molecule has 0 saturated heterocycles. The van der Waals surface area contributed by atoms with E-state index in [0.717, 1.165) is 0 Å². The van der Waals surface area contributed by atoms with Crippen molar-refractivity contribution in [3.05, 3.63) is 0 Å². The summed E-state index contributed by atoms with van der Waals surface area (Å²) in [6.45, 7) is 9.99. The van der Waals surface area contributed by atoms with Crippen molar-refractivity contribution in [1.29, 1.82) is 0 Å². The zero-order chi connectivity index (χ0) is 14.5. The van der Waals surface area contributed by atoms with E-state index in [2.05, 4.69) is 0 Å². The summed E-state index contributed by atoms with van der Waals surface area (Å²) in [7, 11) is 0. The van der Waals surface area contributed by atoms with Crippen molar-refractivity contribution in [2.75, 3.05) is 13.1 Å². The number of nitrogens with zero attached hydrogens (tertiary/aromatic N) is 1. The number of carbonyl (C=O) groups is 2. The third kappa shape index (κ3) is 6.59. The molecule has 0 aromatic heterocycles. The van der Waals surface area contributed by atoms with E-state index in [1.165, 1.54) is 4.90 Å². The number of hydrogen-bond donors (Lipinski definition) is 2. The van der Waals surface area contributed by atoms with E-state index in [1.54, 1.807) is 0 Å². The number of amides is 1. The summed E-state index contributed by atoms with van der Waals surface area (Å²) in [4.78, 5) is 24.2. The molecule has 1 unspecified atom stereocenters. The molecule has 0 aromatic carbocycles. The van der Waals surface area contributed by atoms with Crippen LogP contribution >= 0.6 is 0 Å². The molecule has 3 N–H and O–H groups in total. The summed E-state index contributed by atoms with van der Waals surface area (Å²) in [6.07, 6.45) is 0.184. The van der Waals surface area contributed by atoms with Gasteiger partial charge in [-0.1, -0.05) is 34.6 Å².